The fraction of sp³-hybridized carbons (Fsp3) is 0.600. The summed E-state index contributed by atoms with van der Waals surface area (Å²) >= 11 is 4.28. The molecule has 1 nitrogen and oxygen atoms in total. The summed E-state index contributed by atoms with van der Waals surface area (Å²) in [6.07, 6.45) is 2.83. The van der Waals surface area contributed by atoms with Crippen LogP contribution in [0.15, 0.2) is 18.2 Å². The molecule has 0 saturated carbocycles. The molecule has 0 radical (unpaired) electrons. The normalized spacial score (nSPS) is 11.8. The van der Waals surface area contributed by atoms with Gasteiger partial charge in [0.1, 0.15) is 0 Å². The minimum atomic E-state index is 0.225. The molecule has 0 spiro atoms. The van der Waals surface area contributed by atoms with Crippen molar-refractivity contribution >= 4 is 12.6 Å². The van der Waals surface area contributed by atoms with E-state index in [1.54, 1.807) is 0 Å². The van der Waals surface area contributed by atoms with Gasteiger partial charge in [0.2, 0.25) is 0 Å². The molecule has 0 heterocycles. The van der Waals surface area contributed by atoms with Crippen molar-refractivity contribution in [2.75, 3.05) is 12.4 Å². The van der Waals surface area contributed by atoms with E-state index in [0.29, 0.717) is 0 Å². The molecule has 1 rings (SSSR count). The molecule has 0 fully saturated rings. The van der Waals surface area contributed by atoms with Gasteiger partial charge >= 0.3 is 0 Å². The number of aryl methyl sites for hydroxylation is 1. The highest BCUT2D eigenvalue weighted by Crippen LogP contribution is 2.24. The Kier molecular flexibility index (Phi) is 5.54. The Balaban J connectivity index is 2.98. The predicted octanol–water partition coefficient (Wildman–Crippen LogP) is 3.28. The first-order chi connectivity index (χ1) is 7.96. The molecule has 0 aliphatic heterocycles. The van der Waals surface area contributed by atoms with E-state index in [-0.39, 0.29) is 12.0 Å². The number of aliphatic hydroxyl groups excluding tert-OH is 1. The Labute approximate surface area is 111 Å². The summed E-state index contributed by atoms with van der Waals surface area (Å²) in [6.45, 7) is 6.98. The van der Waals surface area contributed by atoms with Crippen LogP contribution in [0.4, 0.5) is 0 Å². The topological polar surface area (TPSA) is 20.2 Å². The van der Waals surface area contributed by atoms with Gasteiger partial charge in [-0.1, -0.05) is 39.0 Å². The van der Waals surface area contributed by atoms with E-state index >= 15 is 0 Å². The van der Waals surface area contributed by atoms with Gasteiger partial charge in [0, 0.05) is 6.61 Å². The van der Waals surface area contributed by atoms with E-state index < -0.39 is 0 Å². The van der Waals surface area contributed by atoms with E-state index in [1.165, 1.54) is 16.7 Å². The zero-order valence-electron chi connectivity index (χ0n) is 11.2. The third-order valence-electron chi connectivity index (χ3n) is 2.77. The van der Waals surface area contributed by atoms with Crippen LogP contribution in [0.2, 0.25) is 0 Å². The van der Waals surface area contributed by atoms with Gasteiger partial charge in [0.25, 0.3) is 0 Å². The van der Waals surface area contributed by atoms with Crippen molar-refractivity contribution in [1.82, 2.24) is 0 Å². The fourth-order valence-electron chi connectivity index (χ4n) is 2.06. The summed E-state index contributed by atoms with van der Waals surface area (Å²) in [4.78, 5) is 0. The molecule has 0 amide bonds. The smallest absolute Gasteiger partial charge is 0.0471 e. The van der Waals surface area contributed by atoms with Crippen LogP contribution in [0.1, 0.15) is 37.5 Å². The van der Waals surface area contributed by atoms with Crippen molar-refractivity contribution in [3.8, 4) is 0 Å². The van der Waals surface area contributed by atoms with E-state index in [1.807, 2.05) is 0 Å². The highest BCUT2D eigenvalue weighted by atomic mass is 32.1. The van der Waals surface area contributed by atoms with Crippen molar-refractivity contribution in [2.45, 2.75) is 40.0 Å². The van der Waals surface area contributed by atoms with Gasteiger partial charge in [0.15, 0.2) is 0 Å². The molecular formula is C15H24OS. The summed E-state index contributed by atoms with van der Waals surface area (Å²) in [5.41, 5.74) is 4.29. The monoisotopic (exact) mass is 252 g/mol. The SMILES string of the molecule is CC(C)(C)Cc1cc(CCS)ccc1CCO. The predicted molar refractivity (Wildman–Crippen MR) is 77.9 cm³/mol. The van der Waals surface area contributed by atoms with Crippen LogP contribution in [0.25, 0.3) is 0 Å². The van der Waals surface area contributed by atoms with E-state index in [2.05, 4.69) is 51.6 Å². The molecular weight excluding hydrogens is 228 g/mol. The number of rotatable bonds is 5. The van der Waals surface area contributed by atoms with E-state index in [9.17, 15) is 0 Å². The van der Waals surface area contributed by atoms with Crippen molar-refractivity contribution < 1.29 is 5.11 Å². The summed E-state index contributed by atoms with van der Waals surface area (Å²) in [5, 5.41) is 9.10. The first kappa shape index (κ1) is 14.6. The van der Waals surface area contributed by atoms with Crippen LogP contribution in [0.5, 0.6) is 0 Å². The number of thiol groups is 1. The van der Waals surface area contributed by atoms with Crippen LogP contribution in [-0.2, 0) is 19.3 Å². The molecule has 2 heteroatoms. The van der Waals surface area contributed by atoms with Gasteiger partial charge in [0.05, 0.1) is 0 Å². The molecule has 0 atom stereocenters. The minimum Gasteiger partial charge on any atom is -0.396 e. The van der Waals surface area contributed by atoms with Crippen LogP contribution in [-0.4, -0.2) is 17.5 Å². The minimum absolute atomic E-state index is 0.225. The summed E-state index contributed by atoms with van der Waals surface area (Å²) in [6, 6.07) is 6.61. The molecule has 0 unspecified atom stereocenters. The molecule has 1 N–H and O–H groups in total. The maximum atomic E-state index is 9.10. The second-order valence-corrected chi connectivity index (χ2v) is 6.23. The van der Waals surface area contributed by atoms with Gasteiger partial charge in [-0.05, 0) is 47.1 Å². The maximum Gasteiger partial charge on any atom is 0.0471 e. The fourth-order valence-corrected chi connectivity index (χ4v) is 2.32. The number of hydrogen-bond acceptors (Lipinski definition) is 2. The lowest BCUT2D eigenvalue weighted by Crippen LogP contribution is -2.12. The molecule has 17 heavy (non-hydrogen) atoms. The molecule has 1 aromatic rings. The van der Waals surface area contributed by atoms with Crippen molar-refractivity contribution in [1.29, 1.82) is 0 Å². The lowest BCUT2D eigenvalue weighted by molar-refractivity contribution is 0.298. The van der Waals surface area contributed by atoms with Crippen LogP contribution >= 0.6 is 12.6 Å². The maximum absolute atomic E-state index is 9.10. The highest BCUT2D eigenvalue weighted by molar-refractivity contribution is 7.80. The average molecular weight is 252 g/mol. The van der Waals surface area contributed by atoms with Gasteiger partial charge in [-0.25, -0.2) is 0 Å². The lowest BCUT2D eigenvalue weighted by atomic mass is 9.85. The Bertz CT molecular complexity index is 352. The molecule has 0 aromatic heterocycles. The third-order valence-corrected chi connectivity index (χ3v) is 3.00. The molecule has 0 bridgehead atoms. The van der Waals surface area contributed by atoms with Crippen molar-refractivity contribution in [2.24, 2.45) is 5.41 Å². The molecule has 1 aromatic carbocycles. The second kappa shape index (κ2) is 6.46. The Morgan fingerprint density at radius 1 is 1.12 bits per heavy atom. The number of hydrogen-bond donors (Lipinski definition) is 2. The third kappa shape index (κ3) is 5.13. The summed E-state index contributed by atoms with van der Waals surface area (Å²) in [7, 11) is 0. The Morgan fingerprint density at radius 2 is 1.82 bits per heavy atom. The van der Waals surface area contributed by atoms with E-state index in [0.717, 1.165) is 25.0 Å². The van der Waals surface area contributed by atoms with E-state index in [4.69, 9.17) is 5.11 Å². The number of aliphatic hydroxyl groups is 1. The summed E-state index contributed by atoms with van der Waals surface area (Å²) in [5.74, 6) is 0.883. The Hall–Kier alpha value is -0.470. The van der Waals surface area contributed by atoms with Crippen molar-refractivity contribution in [3.63, 3.8) is 0 Å². The standard InChI is InChI=1S/C15H24OS/c1-15(2,3)11-14-10-12(7-9-17)4-5-13(14)6-8-16/h4-5,10,16-17H,6-9,11H2,1-3H3. The average Bonchev–Trinajstić information content (AvgIpc) is 2.20. The van der Waals surface area contributed by atoms with Crippen LogP contribution < -0.4 is 0 Å². The lowest BCUT2D eigenvalue weighted by Gasteiger charge is -2.21. The van der Waals surface area contributed by atoms with Gasteiger partial charge in [-0.15, -0.1) is 0 Å². The summed E-state index contributed by atoms with van der Waals surface area (Å²) < 4.78 is 0. The molecule has 96 valence electrons. The molecule has 0 saturated heterocycles. The first-order valence-corrected chi connectivity index (χ1v) is 6.92. The van der Waals surface area contributed by atoms with Crippen molar-refractivity contribution in [3.05, 3.63) is 34.9 Å². The highest BCUT2D eigenvalue weighted by Gasteiger charge is 2.14. The number of benzene rings is 1. The van der Waals surface area contributed by atoms with Gasteiger partial charge in [-0.3, -0.25) is 0 Å². The first-order valence-electron chi connectivity index (χ1n) is 6.28. The zero-order chi connectivity index (χ0) is 12.9. The molecule has 0 aliphatic carbocycles. The van der Waals surface area contributed by atoms with Crippen LogP contribution in [0, 0.1) is 5.41 Å². The largest absolute Gasteiger partial charge is 0.396 e. The van der Waals surface area contributed by atoms with Gasteiger partial charge < -0.3 is 5.11 Å². The quantitative estimate of drug-likeness (QED) is 0.771. The molecule has 0 aliphatic rings. The van der Waals surface area contributed by atoms with Gasteiger partial charge in [-0.2, -0.15) is 12.6 Å². The second-order valence-electron chi connectivity index (χ2n) is 5.79. The van der Waals surface area contributed by atoms with Crippen LogP contribution in [0.3, 0.4) is 0 Å². The Morgan fingerprint density at radius 3 is 2.35 bits per heavy atom. The zero-order valence-corrected chi connectivity index (χ0v) is 12.1.